The van der Waals surface area contributed by atoms with Crippen molar-refractivity contribution >= 4 is 6.21 Å². The molecule has 1 aliphatic rings. The normalized spacial score (nSPS) is 27.0. The lowest BCUT2D eigenvalue weighted by Crippen LogP contribution is -2.43. The van der Waals surface area contributed by atoms with Crippen molar-refractivity contribution in [2.75, 3.05) is 20.3 Å². The van der Waals surface area contributed by atoms with Crippen molar-refractivity contribution in [1.82, 2.24) is 0 Å². The van der Waals surface area contributed by atoms with Crippen molar-refractivity contribution in [3.63, 3.8) is 0 Å². The van der Waals surface area contributed by atoms with Crippen LogP contribution in [0.15, 0.2) is 0 Å². The second-order valence-corrected chi connectivity index (χ2v) is 5.80. The SMILES string of the molecule is CCOC(OC)OCC1C(C)(C)C=[N+]([O-])C1(C)C. The Bertz CT molecular complexity index is 312. The Morgan fingerprint density at radius 1 is 1.28 bits per heavy atom. The molecule has 0 N–H and O–H groups in total. The topological polar surface area (TPSA) is 53.8 Å². The van der Waals surface area contributed by atoms with Gasteiger partial charge in [0.15, 0.2) is 11.8 Å². The third kappa shape index (κ3) is 3.02. The van der Waals surface area contributed by atoms with Crippen LogP contribution in [-0.2, 0) is 14.2 Å². The first-order valence-corrected chi connectivity index (χ1v) is 6.34. The van der Waals surface area contributed by atoms with Gasteiger partial charge in [0.25, 0.3) is 6.48 Å². The van der Waals surface area contributed by atoms with Gasteiger partial charge in [0.05, 0.1) is 17.9 Å². The van der Waals surface area contributed by atoms with Gasteiger partial charge >= 0.3 is 0 Å². The summed E-state index contributed by atoms with van der Waals surface area (Å²) in [5, 5.41) is 11.9. The predicted octanol–water partition coefficient (Wildman–Crippen LogP) is 1.99. The molecule has 0 saturated heterocycles. The van der Waals surface area contributed by atoms with Crippen LogP contribution < -0.4 is 0 Å². The number of ether oxygens (including phenoxy) is 3. The number of rotatable bonds is 6. The first-order chi connectivity index (χ1) is 8.25. The van der Waals surface area contributed by atoms with Gasteiger partial charge in [-0.25, -0.2) is 4.74 Å². The Labute approximate surface area is 109 Å². The molecule has 0 aromatic heterocycles. The summed E-state index contributed by atoms with van der Waals surface area (Å²) in [6.45, 7) is 10.1. The molecule has 0 amide bonds. The van der Waals surface area contributed by atoms with Crippen molar-refractivity contribution < 1.29 is 18.9 Å². The molecule has 1 heterocycles. The van der Waals surface area contributed by atoms with Gasteiger partial charge in [-0.1, -0.05) is 0 Å². The lowest BCUT2D eigenvalue weighted by Gasteiger charge is -2.32. The summed E-state index contributed by atoms with van der Waals surface area (Å²) in [5.41, 5.74) is -0.677. The fraction of sp³-hybridized carbons (Fsp3) is 0.923. The van der Waals surface area contributed by atoms with Crippen molar-refractivity contribution in [2.24, 2.45) is 11.3 Å². The van der Waals surface area contributed by atoms with Crippen LogP contribution in [0.3, 0.4) is 0 Å². The maximum Gasteiger partial charge on any atom is 0.271 e. The van der Waals surface area contributed by atoms with Crippen molar-refractivity contribution in [3.8, 4) is 0 Å². The van der Waals surface area contributed by atoms with Crippen LogP contribution in [0.4, 0.5) is 0 Å². The van der Waals surface area contributed by atoms with Crippen LogP contribution in [0.1, 0.15) is 34.6 Å². The van der Waals surface area contributed by atoms with Gasteiger partial charge in [-0.05, 0) is 20.8 Å². The lowest BCUT2D eigenvalue weighted by molar-refractivity contribution is -0.537. The van der Waals surface area contributed by atoms with E-state index >= 15 is 0 Å². The molecular weight excluding hydrogens is 234 g/mol. The highest BCUT2D eigenvalue weighted by Crippen LogP contribution is 2.41. The van der Waals surface area contributed by atoms with E-state index in [1.807, 2.05) is 34.6 Å². The average molecular weight is 259 g/mol. The maximum atomic E-state index is 11.9. The van der Waals surface area contributed by atoms with Crippen LogP contribution in [0, 0.1) is 16.5 Å². The minimum atomic E-state index is -0.665. The quantitative estimate of drug-likeness (QED) is 0.416. The van der Waals surface area contributed by atoms with Crippen LogP contribution in [-0.4, -0.2) is 43.3 Å². The lowest BCUT2D eigenvalue weighted by atomic mass is 9.73. The first-order valence-electron chi connectivity index (χ1n) is 6.34. The van der Waals surface area contributed by atoms with Gasteiger partial charge < -0.3 is 19.4 Å². The van der Waals surface area contributed by atoms with E-state index in [4.69, 9.17) is 14.2 Å². The summed E-state index contributed by atoms with van der Waals surface area (Å²) >= 11 is 0. The van der Waals surface area contributed by atoms with Gasteiger partial charge in [-0.15, -0.1) is 0 Å². The summed E-state index contributed by atoms with van der Waals surface area (Å²) in [4.78, 5) is 0. The second-order valence-electron chi connectivity index (χ2n) is 5.80. The number of methoxy groups -OCH3 is 1. The minimum absolute atomic E-state index is 0.0839. The molecule has 106 valence electrons. The fourth-order valence-electron chi connectivity index (χ4n) is 2.54. The first kappa shape index (κ1) is 15.4. The van der Waals surface area contributed by atoms with E-state index in [-0.39, 0.29) is 11.3 Å². The zero-order chi connectivity index (χ0) is 14.0. The van der Waals surface area contributed by atoms with Gasteiger partial charge in [-0.3, -0.25) is 0 Å². The minimum Gasteiger partial charge on any atom is -0.624 e. The molecule has 0 aliphatic carbocycles. The summed E-state index contributed by atoms with van der Waals surface area (Å²) in [6.07, 6.45) is 1.73. The highest BCUT2D eigenvalue weighted by Gasteiger charge is 2.53. The van der Waals surface area contributed by atoms with E-state index < -0.39 is 12.0 Å². The third-order valence-corrected chi connectivity index (χ3v) is 3.66. The Morgan fingerprint density at radius 2 is 1.89 bits per heavy atom. The molecule has 2 unspecified atom stereocenters. The van der Waals surface area contributed by atoms with Crippen molar-refractivity contribution in [2.45, 2.75) is 46.6 Å². The monoisotopic (exact) mass is 259 g/mol. The molecule has 5 nitrogen and oxygen atoms in total. The van der Waals surface area contributed by atoms with E-state index in [0.717, 1.165) is 4.74 Å². The summed E-state index contributed by atoms with van der Waals surface area (Å²) in [7, 11) is 1.54. The summed E-state index contributed by atoms with van der Waals surface area (Å²) in [6, 6.07) is 0. The molecule has 5 heteroatoms. The average Bonchev–Trinajstić information content (AvgIpc) is 2.41. The highest BCUT2D eigenvalue weighted by atomic mass is 16.8. The molecule has 0 radical (unpaired) electrons. The Hall–Kier alpha value is -0.650. The molecule has 1 rings (SSSR count). The molecule has 0 spiro atoms. The van der Waals surface area contributed by atoms with Crippen LogP contribution in [0.5, 0.6) is 0 Å². The number of hydroxylamine groups is 1. The number of hydrogen-bond acceptors (Lipinski definition) is 4. The summed E-state index contributed by atoms with van der Waals surface area (Å²) < 4.78 is 17.0. The molecule has 0 saturated carbocycles. The van der Waals surface area contributed by atoms with Gasteiger partial charge in [0.2, 0.25) is 0 Å². The zero-order valence-electron chi connectivity index (χ0n) is 12.2. The summed E-state index contributed by atoms with van der Waals surface area (Å²) in [5.74, 6) is 0.0839. The smallest absolute Gasteiger partial charge is 0.271 e. The van der Waals surface area contributed by atoms with Crippen LogP contribution in [0.2, 0.25) is 0 Å². The largest absolute Gasteiger partial charge is 0.624 e. The van der Waals surface area contributed by atoms with Gasteiger partial charge in [0, 0.05) is 27.6 Å². The molecule has 1 aliphatic heterocycles. The molecule has 2 atom stereocenters. The molecule has 0 fully saturated rings. The fourth-order valence-corrected chi connectivity index (χ4v) is 2.54. The van der Waals surface area contributed by atoms with Crippen LogP contribution >= 0.6 is 0 Å². The predicted molar refractivity (Wildman–Crippen MR) is 69.4 cm³/mol. The Kier molecular flexibility index (Phi) is 4.75. The second kappa shape index (κ2) is 5.55. The van der Waals surface area contributed by atoms with Crippen molar-refractivity contribution in [1.29, 1.82) is 0 Å². The molecule has 0 bridgehead atoms. The van der Waals surface area contributed by atoms with E-state index in [1.165, 1.54) is 7.11 Å². The maximum absolute atomic E-state index is 11.9. The highest BCUT2D eigenvalue weighted by molar-refractivity contribution is 5.63. The molecule has 0 aromatic rings. The Morgan fingerprint density at radius 3 is 2.28 bits per heavy atom. The Balaban J connectivity index is 2.66. The molecule has 0 aromatic carbocycles. The zero-order valence-corrected chi connectivity index (χ0v) is 12.2. The molecule has 18 heavy (non-hydrogen) atoms. The van der Waals surface area contributed by atoms with E-state index in [2.05, 4.69) is 0 Å². The van der Waals surface area contributed by atoms with Gasteiger partial charge in [0.1, 0.15) is 0 Å². The molecular formula is C13H25NO4. The number of hydrogen-bond donors (Lipinski definition) is 0. The van der Waals surface area contributed by atoms with Crippen LogP contribution in [0.25, 0.3) is 0 Å². The van der Waals surface area contributed by atoms with Crippen molar-refractivity contribution in [3.05, 3.63) is 5.21 Å². The van der Waals surface area contributed by atoms with Gasteiger partial charge in [-0.2, -0.15) is 0 Å². The van der Waals surface area contributed by atoms with E-state index in [1.54, 1.807) is 6.21 Å². The van der Waals surface area contributed by atoms with E-state index in [9.17, 15) is 5.21 Å². The van der Waals surface area contributed by atoms with E-state index in [0.29, 0.717) is 13.2 Å². The standard InChI is InChI=1S/C13H25NO4/c1-7-17-11(16-6)18-8-10-12(2,3)9-14(15)13(10,4)5/h9-11H,7-8H2,1-6H3. The third-order valence-electron chi connectivity index (χ3n) is 3.66. The number of nitrogens with zero attached hydrogens (tertiary/aromatic N) is 1.